The van der Waals surface area contributed by atoms with E-state index in [0.717, 1.165) is 89.8 Å². The number of carbonyl (C=O) groups excluding carboxylic acids is 1. The van der Waals surface area contributed by atoms with E-state index in [1.165, 1.54) is 0 Å². The number of aromatic nitrogens is 5. The number of nitrogens with one attached hydrogen (secondary N) is 3. The number of H-pyrrole nitrogens is 1. The van der Waals surface area contributed by atoms with Gasteiger partial charge in [0, 0.05) is 56.0 Å². The van der Waals surface area contributed by atoms with E-state index in [-0.39, 0.29) is 12.1 Å². The summed E-state index contributed by atoms with van der Waals surface area (Å²) in [6.45, 7) is 11.1. The summed E-state index contributed by atoms with van der Waals surface area (Å²) >= 11 is 0. The third-order valence-corrected chi connectivity index (χ3v) is 8.33. The van der Waals surface area contributed by atoms with Crippen molar-refractivity contribution in [2.75, 3.05) is 49.6 Å². The van der Waals surface area contributed by atoms with E-state index in [1.807, 2.05) is 39.1 Å². The number of hydrogen-bond acceptors (Lipinski definition) is 9. The fourth-order valence-corrected chi connectivity index (χ4v) is 6.26. The molecule has 0 aliphatic carbocycles. The van der Waals surface area contributed by atoms with Gasteiger partial charge in [-0.3, -0.25) is 4.90 Å². The molecule has 0 unspecified atom stereocenters. The summed E-state index contributed by atoms with van der Waals surface area (Å²) in [5.41, 5.74) is 6.14. The number of morpholine rings is 1. The van der Waals surface area contributed by atoms with Crippen molar-refractivity contribution >= 4 is 40.0 Å². The summed E-state index contributed by atoms with van der Waals surface area (Å²) in [5, 5.41) is 7.61. The number of alkyl carbamates (subject to hydrolysis) is 1. The van der Waals surface area contributed by atoms with Gasteiger partial charge in [0.25, 0.3) is 0 Å². The number of pyridine rings is 1. The number of hydrogen-bond donors (Lipinski definition) is 3. The Morgan fingerprint density at radius 2 is 1.93 bits per heavy atom. The summed E-state index contributed by atoms with van der Waals surface area (Å²) in [6, 6.07) is 14.6. The van der Waals surface area contributed by atoms with Gasteiger partial charge in [0.15, 0.2) is 5.65 Å². The van der Waals surface area contributed by atoms with E-state index in [9.17, 15) is 4.79 Å². The number of fused-ring (bicyclic) bond motifs is 2. The highest BCUT2D eigenvalue weighted by Gasteiger charge is 2.25. The SMILES string of the molecule is CC(C)(C)OC(=O)N[C@@H]1CCCN(Cc2cn3cccc(Nc4ccc(-c5cc6c(N7CCOCC7)ncnc6[nH]5)cc4)c3n2)C1. The van der Waals surface area contributed by atoms with Crippen LogP contribution in [0.3, 0.4) is 0 Å². The molecule has 46 heavy (non-hydrogen) atoms. The maximum absolute atomic E-state index is 12.3. The molecule has 2 aliphatic heterocycles. The summed E-state index contributed by atoms with van der Waals surface area (Å²) in [7, 11) is 0. The molecule has 12 nitrogen and oxygen atoms in total. The molecule has 0 spiro atoms. The van der Waals surface area contributed by atoms with Crippen LogP contribution in [0.15, 0.2) is 61.2 Å². The lowest BCUT2D eigenvalue weighted by molar-refractivity contribution is 0.0470. The molecule has 2 fully saturated rings. The highest BCUT2D eigenvalue weighted by atomic mass is 16.6. The quantitative estimate of drug-likeness (QED) is 0.220. The molecule has 7 rings (SSSR count). The van der Waals surface area contributed by atoms with Gasteiger partial charge in [-0.1, -0.05) is 12.1 Å². The molecule has 4 aromatic heterocycles. The van der Waals surface area contributed by atoms with Gasteiger partial charge in [-0.25, -0.2) is 19.7 Å². The number of aromatic amines is 1. The van der Waals surface area contributed by atoms with Crippen LogP contribution in [0.1, 0.15) is 39.3 Å². The molecule has 0 saturated carbocycles. The van der Waals surface area contributed by atoms with E-state index in [4.69, 9.17) is 14.5 Å². The zero-order chi connectivity index (χ0) is 31.7. The number of carbonyl (C=O) groups is 1. The summed E-state index contributed by atoms with van der Waals surface area (Å²) in [6.07, 6.45) is 7.32. The van der Waals surface area contributed by atoms with Gasteiger partial charge in [-0.2, -0.15) is 0 Å². The van der Waals surface area contributed by atoms with Crippen LogP contribution >= 0.6 is 0 Å². The zero-order valence-corrected chi connectivity index (χ0v) is 26.6. The Balaban J connectivity index is 1.02. The molecule has 12 heteroatoms. The lowest BCUT2D eigenvalue weighted by Gasteiger charge is -2.33. The second-order valence-electron chi connectivity index (χ2n) is 13.0. The van der Waals surface area contributed by atoms with Gasteiger partial charge in [-0.15, -0.1) is 0 Å². The number of ether oxygens (including phenoxy) is 2. The predicted molar refractivity (Wildman–Crippen MR) is 179 cm³/mol. The fourth-order valence-electron chi connectivity index (χ4n) is 6.26. The second kappa shape index (κ2) is 12.6. The molecule has 5 aromatic rings. The minimum Gasteiger partial charge on any atom is -0.444 e. The molecular formula is C34H41N9O3. The Morgan fingerprint density at radius 1 is 1.11 bits per heavy atom. The van der Waals surface area contributed by atoms with E-state index in [2.05, 4.69) is 76.3 Å². The van der Waals surface area contributed by atoms with Gasteiger partial charge in [0.05, 0.1) is 30.0 Å². The lowest BCUT2D eigenvalue weighted by Crippen LogP contribution is -2.48. The first-order valence-corrected chi connectivity index (χ1v) is 16.0. The van der Waals surface area contributed by atoms with Crippen molar-refractivity contribution in [3.8, 4) is 11.3 Å². The standard InChI is InChI=1S/C34H41N9O3/c1-34(2,3)46-33(44)39-25-6-4-12-41(19-25)20-26-21-43-13-5-7-28(32(43)38-26)37-24-10-8-23(9-11-24)29-18-27-30(40-29)35-22-36-31(27)42-14-16-45-17-15-42/h5,7-11,13,18,21-22,25,37H,4,6,12,14-17,19-20H2,1-3H3,(H,39,44)(H,35,36,40)/t25-/m1/s1. The minimum atomic E-state index is -0.510. The average Bonchev–Trinajstić information content (AvgIpc) is 3.66. The summed E-state index contributed by atoms with van der Waals surface area (Å²) in [4.78, 5) is 34.4. The number of rotatable bonds is 7. The molecule has 0 bridgehead atoms. The van der Waals surface area contributed by atoms with Gasteiger partial charge in [0.1, 0.15) is 23.4 Å². The van der Waals surface area contributed by atoms with Crippen molar-refractivity contribution in [2.24, 2.45) is 0 Å². The third-order valence-electron chi connectivity index (χ3n) is 8.33. The van der Waals surface area contributed by atoms with E-state index in [1.54, 1.807) is 6.33 Å². The van der Waals surface area contributed by atoms with Crippen molar-refractivity contribution in [3.63, 3.8) is 0 Å². The molecule has 1 atom stereocenters. The molecule has 0 radical (unpaired) electrons. The topological polar surface area (TPSA) is 125 Å². The maximum Gasteiger partial charge on any atom is 0.407 e. The van der Waals surface area contributed by atoms with Gasteiger partial charge in [-0.05, 0) is 76.1 Å². The van der Waals surface area contributed by atoms with Crippen LogP contribution in [0, 0.1) is 0 Å². The van der Waals surface area contributed by atoms with Crippen molar-refractivity contribution in [1.82, 2.24) is 34.6 Å². The van der Waals surface area contributed by atoms with Crippen LogP contribution in [-0.2, 0) is 16.0 Å². The van der Waals surface area contributed by atoms with Crippen LogP contribution in [0.2, 0.25) is 0 Å². The lowest BCUT2D eigenvalue weighted by atomic mass is 10.1. The number of benzene rings is 1. The molecular weight excluding hydrogens is 582 g/mol. The van der Waals surface area contributed by atoms with Crippen molar-refractivity contribution in [2.45, 2.75) is 51.8 Å². The van der Waals surface area contributed by atoms with Crippen LogP contribution in [0.25, 0.3) is 27.9 Å². The molecule has 240 valence electrons. The number of piperidine rings is 1. The molecule has 2 saturated heterocycles. The van der Waals surface area contributed by atoms with E-state index < -0.39 is 5.60 Å². The summed E-state index contributed by atoms with van der Waals surface area (Å²) in [5.74, 6) is 0.943. The Morgan fingerprint density at radius 3 is 2.74 bits per heavy atom. The van der Waals surface area contributed by atoms with Crippen molar-refractivity contribution in [3.05, 3.63) is 66.9 Å². The fraction of sp³-hybridized carbons (Fsp3) is 0.412. The van der Waals surface area contributed by atoms with Gasteiger partial charge in [0.2, 0.25) is 0 Å². The largest absolute Gasteiger partial charge is 0.444 e. The Bertz CT molecular complexity index is 1820. The van der Waals surface area contributed by atoms with Crippen molar-refractivity contribution < 1.29 is 14.3 Å². The number of nitrogens with zero attached hydrogens (tertiary/aromatic N) is 6. The monoisotopic (exact) mass is 623 g/mol. The minimum absolute atomic E-state index is 0.0601. The van der Waals surface area contributed by atoms with Crippen LogP contribution in [0.4, 0.5) is 22.0 Å². The normalized spacial score (nSPS) is 17.8. The number of amides is 1. The summed E-state index contributed by atoms with van der Waals surface area (Å²) < 4.78 is 13.0. The van der Waals surface area contributed by atoms with E-state index >= 15 is 0 Å². The van der Waals surface area contributed by atoms with Crippen molar-refractivity contribution in [1.29, 1.82) is 0 Å². The van der Waals surface area contributed by atoms with Crippen LogP contribution in [0.5, 0.6) is 0 Å². The smallest absolute Gasteiger partial charge is 0.407 e. The number of likely N-dealkylation sites (tertiary alicyclic amines) is 1. The average molecular weight is 624 g/mol. The maximum atomic E-state index is 12.3. The Kier molecular flexibility index (Phi) is 8.22. The molecule has 2 aliphatic rings. The zero-order valence-electron chi connectivity index (χ0n) is 26.6. The first-order chi connectivity index (χ1) is 22.3. The van der Waals surface area contributed by atoms with Gasteiger partial charge >= 0.3 is 6.09 Å². The highest BCUT2D eigenvalue weighted by Crippen LogP contribution is 2.30. The third kappa shape index (κ3) is 6.77. The second-order valence-corrected chi connectivity index (χ2v) is 13.0. The first-order valence-electron chi connectivity index (χ1n) is 16.0. The Hall–Kier alpha value is -4.68. The molecule has 6 heterocycles. The molecule has 3 N–H and O–H groups in total. The number of anilines is 3. The first kappa shape index (κ1) is 30.0. The molecule has 1 aromatic carbocycles. The number of imidazole rings is 1. The highest BCUT2D eigenvalue weighted by molar-refractivity contribution is 5.92. The van der Waals surface area contributed by atoms with Gasteiger partial charge < -0.3 is 34.4 Å². The Labute approximate surface area is 268 Å². The predicted octanol–water partition coefficient (Wildman–Crippen LogP) is 5.34. The van der Waals surface area contributed by atoms with Crippen LogP contribution < -0.4 is 15.5 Å². The van der Waals surface area contributed by atoms with Crippen LogP contribution in [-0.4, -0.2) is 86.4 Å². The van der Waals surface area contributed by atoms with E-state index in [0.29, 0.717) is 19.8 Å². The molecule has 1 amide bonds.